The summed E-state index contributed by atoms with van der Waals surface area (Å²) in [5.41, 5.74) is 6.42. The third-order valence-corrected chi connectivity index (χ3v) is 2.86. The Hall–Kier alpha value is -1.13. The second kappa shape index (κ2) is 4.80. The van der Waals surface area contributed by atoms with E-state index in [2.05, 4.69) is 0 Å². The summed E-state index contributed by atoms with van der Waals surface area (Å²) in [4.78, 5) is 0. The van der Waals surface area contributed by atoms with Gasteiger partial charge in [0.25, 0.3) is 0 Å². The van der Waals surface area contributed by atoms with Gasteiger partial charge >= 0.3 is 0 Å². The molecule has 0 amide bonds. The van der Waals surface area contributed by atoms with Crippen molar-refractivity contribution in [1.82, 2.24) is 0 Å². The molecule has 88 valence electrons. The smallest absolute Gasteiger partial charge is 0.166 e. The van der Waals surface area contributed by atoms with Gasteiger partial charge in [-0.15, -0.1) is 0 Å². The summed E-state index contributed by atoms with van der Waals surface area (Å²) in [6.45, 7) is 1.58. The highest BCUT2D eigenvalue weighted by Gasteiger charge is 2.21. The molecule has 0 bridgehead atoms. The minimum Gasteiger partial charge on any atom is -0.495 e. The molecule has 0 fully saturated rings. The minimum absolute atomic E-state index is 0.503. The molecule has 0 saturated carbocycles. The van der Waals surface area contributed by atoms with E-state index in [9.17, 15) is 0 Å². The van der Waals surface area contributed by atoms with Crippen LogP contribution >= 0.6 is 11.6 Å². The van der Waals surface area contributed by atoms with E-state index in [4.69, 9.17) is 31.5 Å². The van der Waals surface area contributed by atoms with Gasteiger partial charge in [0.05, 0.1) is 12.1 Å². The molecular formula is C11H14ClNO3. The Labute approximate surface area is 99.2 Å². The molecule has 0 spiro atoms. The van der Waals surface area contributed by atoms with Crippen LogP contribution in [0.2, 0.25) is 5.02 Å². The molecule has 2 rings (SSSR count). The third-order valence-electron chi connectivity index (χ3n) is 2.44. The summed E-state index contributed by atoms with van der Waals surface area (Å²) < 4.78 is 16.3. The molecule has 1 aliphatic rings. The van der Waals surface area contributed by atoms with Crippen molar-refractivity contribution in [2.75, 3.05) is 26.9 Å². The van der Waals surface area contributed by atoms with Crippen LogP contribution in [-0.4, -0.2) is 26.9 Å². The first-order valence-corrected chi connectivity index (χ1v) is 5.50. The number of benzene rings is 1. The molecule has 1 aromatic carbocycles. The van der Waals surface area contributed by atoms with Crippen molar-refractivity contribution in [3.8, 4) is 17.2 Å². The van der Waals surface area contributed by atoms with Crippen LogP contribution in [0.15, 0.2) is 6.07 Å². The molecule has 4 nitrogen and oxygen atoms in total. The average molecular weight is 244 g/mol. The Morgan fingerprint density at radius 2 is 2.19 bits per heavy atom. The summed E-state index contributed by atoms with van der Waals surface area (Å²) in [6.07, 6.45) is 0.641. The van der Waals surface area contributed by atoms with Gasteiger partial charge in [-0.1, -0.05) is 11.6 Å². The highest BCUT2D eigenvalue weighted by atomic mass is 35.5. The first-order valence-electron chi connectivity index (χ1n) is 5.13. The van der Waals surface area contributed by atoms with E-state index in [1.165, 1.54) is 0 Å². The van der Waals surface area contributed by atoms with Gasteiger partial charge in [-0.05, 0) is 13.0 Å². The summed E-state index contributed by atoms with van der Waals surface area (Å²) in [7, 11) is 1.57. The van der Waals surface area contributed by atoms with E-state index in [-0.39, 0.29) is 0 Å². The van der Waals surface area contributed by atoms with Gasteiger partial charge < -0.3 is 19.9 Å². The third kappa shape index (κ3) is 1.90. The number of methoxy groups -OCH3 is 1. The number of rotatable bonds is 3. The van der Waals surface area contributed by atoms with Crippen LogP contribution in [-0.2, 0) is 6.42 Å². The second-order valence-electron chi connectivity index (χ2n) is 3.43. The molecule has 0 radical (unpaired) electrons. The van der Waals surface area contributed by atoms with Gasteiger partial charge in [-0.2, -0.15) is 0 Å². The number of halogens is 1. The maximum Gasteiger partial charge on any atom is 0.166 e. The van der Waals surface area contributed by atoms with E-state index in [0.29, 0.717) is 48.5 Å². The standard InChI is InChI=1S/C11H14ClNO3/c1-14-8-6-9-11(16-5-4-15-9)7(2-3-13)10(8)12/h6H,2-5,13H2,1H3. The highest BCUT2D eigenvalue weighted by Crippen LogP contribution is 2.43. The van der Waals surface area contributed by atoms with Gasteiger partial charge in [0.1, 0.15) is 19.0 Å². The fourth-order valence-electron chi connectivity index (χ4n) is 1.72. The largest absolute Gasteiger partial charge is 0.495 e. The summed E-state index contributed by atoms with van der Waals surface area (Å²) in [6, 6.07) is 1.75. The van der Waals surface area contributed by atoms with E-state index in [1.54, 1.807) is 13.2 Å². The Balaban J connectivity index is 2.52. The molecule has 0 atom stereocenters. The van der Waals surface area contributed by atoms with Crippen LogP contribution in [0.1, 0.15) is 5.56 Å². The molecular weight excluding hydrogens is 230 g/mol. The first-order chi connectivity index (χ1) is 7.77. The maximum absolute atomic E-state index is 6.21. The number of ether oxygens (including phenoxy) is 3. The molecule has 0 aliphatic carbocycles. The Morgan fingerprint density at radius 1 is 1.44 bits per heavy atom. The lowest BCUT2D eigenvalue weighted by molar-refractivity contribution is 0.169. The van der Waals surface area contributed by atoms with Crippen molar-refractivity contribution in [3.63, 3.8) is 0 Å². The lowest BCUT2D eigenvalue weighted by Crippen LogP contribution is -2.18. The molecule has 5 heteroatoms. The molecule has 0 unspecified atom stereocenters. The highest BCUT2D eigenvalue weighted by molar-refractivity contribution is 6.33. The average Bonchev–Trinajstić information content (AvgIpc) is 2.32. The van der Waals surface area contributed by atoms with Gasteiger partial charge in [-0.25, -0.2) is 0 Å². The maximum atomic E-state index is 6.21. The number of nitrogens with two attached hydrogens (primary N) is 1. The van der Waals surface area contributed by atoms with Gasteiger partial charge in [0.15, 0.2) is 11.5 Å². The van der Waals surface area contributed by atoms with Gasteiger partial charge in [0, 0.05) is 11.6 Å². The monoisotopic (exact) mass is 243 g/mol. The molecule has 16 heavy (non-hydrogen) atoms. The zero-order chi connectivity index (χ0) is 11.5. The zero-order valence-electron chi connectivity index (χ0n) is 9.09. The number of hydrogen-bond donors (Lipinski definition) is 1. The van der Waals surface area contributed by atoms with Crippen LogP contribution in [0.25, 0.3) is 0 Å². The van der Waals surface area contributed by atoms with Crippen molar-refractivity contribution in [2.24, 2.45) is 5.73 Å². The van der Waals surface area contributed by atoms with Crippen molar-refractivity contribution in [3.05, 3.63) is 16.7 Å². The van der Waals surface area contributed by atoms with Crippen LogP contribution < -0.4 is 19.9 Å². The summed E-state index contributed by atoms with van der Waals surface area (Å²) in [5, 5.41) is 0.553. The predicted molar refractivity (Wildman–Crippen MR) is 61.8 cm³/mol. The van der Waals surface area contributed by atoms with Crippen molar-refractivity contribution in [1.29, 1.82) is 0 Å². The molecule has 1 aromatic rings. The van der Waals surface area contributed by atoms with Crippen molar-refractivity contribution >= 4 is 11.6 Å². The second-order valence-corrected chi connectivity index (χ2v) is 3.81. The van der Waals surface area contributed by atoms with Crippen LogP contribution in [0, 0.1) is 0 Å². The fourth-order valence-corrected chi connectivity index (χ4v) is 2.03. The van der Waals surface area contributed by atoms with E-state index in [1.807, 2.05) is 0 Å². The molecule has 0 saturated heterocycles. The predicted octanol–water partition coefficient (Wildman–Crippen LogP) is 1.62. The number of fused-ring (bicyclic) bond motifs is 1. The lowest BCUT2D eigenvalue weighted by Gasteiger charge is -2.23. The van der Waals surface area contributed by atoms with Gasteiger partial charge in [-0.3, -0.25) is 0 Å². The minimum atomic E-state index is 0.503. The summed E-state index contributed by atoms with van der Waals surface area (Å²) >= 11 is 6.21. The Kier molecular flexibility index (Phi) is 3.41. The molecule has 1 heterocycles. The van der Waals surface area contributed by atoms with E-state index in [0.717, 1.165) is 5.56 Å². The fraction of sp³-hybridized carbons (Fsp3) is 0.455. The molecule has 1 aliphatic heterocycles. The molecule has 0 aromatic heterocycles. The summed E-state index contributed by atoms with van der Waals surface area (Å²) in [5.74, 6) is 1.97. The quantitative estimate of drug-likeness (QED) is 0.877. The van der Waals surface area contributed by atoms with Crippen LogP contribution in [0.3, 0.4) is 0 Å². The van der Waals surface area contributed by atoms with E-state index >= 15 is 0 Å². The van der Waals surface area contributed by atoms with Crippen LogP contribution in [0.4, 0.5) is 0 Å². The topological polar surface area (TPSA) is 53.7 Å². The lowest BCUT2D eigenvalue weighted by atomic mass is 10.1. The van der Waals surface area contributed by atoms with Crippen molar-refractivity contribution in [2.45, 2.75) is 6.42 Å². The first kappa shape index (κ1) is 11.4. The zero-order valence-corrected chi connectivity index (χ0v) is 9.84. The molecule has 2 N–H and O–H groups in total. The van der Waals surface area contributed by atoms with Crippen molar-refractivity contribution < 1.29 is 14.2 Å². The van der Waals surface area contributed by atoms with Crippen LogP contribution in [0.5, 0.6) is 17.2 Å². The number of hydrogen-bond acceptors (Lipinski definition) is 4. The normalized spacial score (nSPS) is 13.7. The van der Waals surface area contributed by atoms with Gasteiger partial charge in [0.2, 0.25) is 0 Å². The Bertz CT molecular complexity index is 395. The Morgan fingerprint density at radius 3 is 2.88 bits per heavy atom. The SMILES string of the molecule is COc1cc2c(c(CCN)c1Cl)OCCO2. The van der Waals surface area contributed by atoms with E-state index < -0.39 is 0 Å².